The number of nitrogens with zero attached hydrogens (tertiary/aromatic N) is 1. The lowest BCUT2D eigenvalue weighted by Crippen LogP contribution is -2.29. The fourth-order valence-corrected chi connectivity index (χ4v) is 3.63. The van der Waals surface area contributed by atoms with Gasteiger partial charge in [0, 0.05) is 13.2 Å². The third kappa shape index (κ3) is 3.58. The highest BCUT2D eigenvalue weighted by Gasteiger charge is 2.17. The highest BCUT2D eigenvalue weighted by Crippen LogP contribution is 2.34. The van der Waals surface area contributed by atoms with Gasteiger partial charge in [0.2, 0.25) is 0 Å². The van der Waals surface area contributed by atoms with Crippen LogP contribution in [0.4, 0.5) is 0 Å². The number of hydrogen-bond donors (Lipinski definition) is 2. The average Bonchev–Trinajstić information content (AvgIpc) is 3.01. The van der Waals surface area contributed by atoms with Gasteiger partial charge in [0.05, 0.1) is 14.9 Å². The monoisotopic (exact) mass is 330 g/mol. The molecule has 0 saturated carbocycles. The number of carbonyl (C=O) groups is 1. The van der Waals surface area contributed by atoms with Crippen molar-refractivity contribution in [2.75, 3.05) is 13.2 Å². The number of carbonyl (C=O) groups excluding carboxylic acids is 1. The molecule has 0 spiro atoms. The van der Waals surface area contributed by atoms with Gasteiger partial charge in [-0.15, -0.1) is 22.7 Å². The quantitative estimate of drug-likeness (QED) is 0.885. The second-order valence-corrected chi connectivity index (χ2v) is 7.25. The largest absolute Gasteiger partial charge is 0.396 e. The highest BCUT2D eigenvalue weighted by atomic mass is 35.5. The number of amides is 1. The van der Waals surface area contributed by atoms with Crippen molar-refractivity contribution in [2.24, 2.45) is 5.92 Å². The van der Waals surface area contributed by atoms with Crippen molar-refractivity contribution in [3.8, 4) is 9.88 Å². The number of aromatic nitrogens is 1. The lowest BCUT2D eigenvalue weighted by Gasteiger charge is -2.08. The van der Waals surface area contributed by atoms with E-state index < -0.39 is 0 Å². The molecule has 2 aromatic rings. The van der Waals surface area contributed by atoms with E-state index in [9.17, 15) is 4.79 Å². The molecule has 1 unspecified atom stereocenters. The Bertz CT molecular complexity index is 609. The van der Waals surface area contributed by atoms with Crippen LogP contribution < -0.4 is 5.32 Å². The van der Waals surface area contributed by atoms with Crippen LogP contribution in [0, 0.1) is 12.8 Å². The molecule has 0 radical (unpaired) electrons. The van der Waals surface area contributed by atoms with Gasteiger partial charge >= 0.3 is 0 Å². The lowest BCUT2D eigenvalue weighted by atomic mass is 10.2. The third-order valence-electron chi connectivity index (χ3n) is 2.71. The van der Waals surface area contributed by atoms with Crippen molar-refractivity contribution in [2.45, 2.75) is 13.8 Å². The van der Waals surface area contributed by atoms with Gasteiger partial charge in [-0.2, -0.15) is 0 Å². The number of rotatable bonds is 5. The fourth-order valence-electron chi connectivity index (χ4n) is 1.55. The first-order valence-electron chi connectivity index (χ1n) is 6.13. The molecule has 20 heavy (non-hydrogen) atoms. The maximum atomic E-state index is 12.1. The Morgan fingerprint density at radius 3 is 2.85 bits per heavy atom. The number of aliphatic hydroxyl groups excluding tert-OH is 1. The molecule has 2 N–H and O–H groups in total. The summed E-state index contributed by atoms with van der Waals surface area (Å²) in [5, 5.41) is 12.6. The third-order valence-corrected chi connectivity index (χ3v) is 5.27. The molecular formula is C13H15ClN2O2S2. The van der Waals surface area contributed by atoms with Crippen LogP contribution in [0.1, 0.15) is 22.3 Å². The molecule has 0 aromatic carbocycles. The number of halogens is 1. The summed E-state index contributed by atoms with van der Waals surface area (Å²) < 4.78 is 0.704. The summed E-state index contributed by atoms with van der Waals surface area (Å²) in [6, 6.07) is 3.72. The van der Waals surface area contributed by atoms with E-state index in [-0.39, 0.29) is 18.4 Å². The average molecular weight is 331 g/mol. The number of hydrogen-bond acceptors (Lipinski definition) is 5. The summed E-state index contributed by atoms with van der Waals surface area (Å²) in [7, 11) is 0. The Labute approximate surface area is 130 Å². The van der Waals surface area contributed by atoms with Crippen LogP contribution in [-0.2, 0) is 0 Å². The Morgan fingerprint density at radius 1 is 1.50 bits per heavy atom. The van der Waals surface area contributed by atoms with E-state index >= 15 is 0 Å². The summed E-state index contributed by atoms with van der Waals surface area (Å²) in [5.74, 6) is -0.100. The molecule has 2 aromatic heterocycles. The summed E-state index contributed by atoms with van der Waals surface area (Å²) in [6.45, 7) is 4.20. The van der Waals surface area contributed by atoms with Gasteiger partial charge in [0.1, 0.15) is 9.88 Å². The fraction of sp³-hybridized carbons (Fsp3) is 0.385. The molecule has 0 bridgehead atoms. The smallest absolute Gasteiger partial charge is 0.263 e. The maximum absolute atomic E-state index is 12.1. The lowest BCUT2D eigenvalue weighted by molar-refractivity contribution is 0.0945. The van der Waals surface area contributed by atoms with Crippen molar-refractivity contribution < 1.29 is 9.90 Å². The van der Waals surface area contributed by atoms with Crippen LogP contribution >= 0.6 is 34.3 Å². The molecule has 1 amide bonds. The first-order chi connectivity index (χ1) is 9.51. The minimum absolute atomic E-state index is 0.0442. The molecule has 108 valence electrons. The summed E-state index contributed by atoms with van der Waals surface area (Å²) in [5.41, 5.74) is 0.712. The molecule has 0 saturated heterocycles. The molecule has 2 heterocycles. The van der Waals surface area contributed by atoms with Gasteiger partial charge in [0.25, 0.3) is 5.91 Å². The van der Waals surface area contributed by atoms with E-state index in [1.807, 2.05) is 26.0 Å². The number of thiazole rings is 1. The van der Waals surface area contributed by atoms with E-state index in [0.717, 1.165) is 9.88 Å². The van der Waals surface area contributed by atoms with Crippen LogP contribution in [0.25, 0.3) is 9.88 Å². The first kappa shape index (κ1) is 15.4. The van der Waals surface area contributed by atoms with E-state index in [4.69, 9.17) is 16.7 Å². The standard InChI is InChI=1S/C13H15ClN2O2S2/c1-7(6-17)5-15-12(18)11-8(2)16-13(20-11)9-3-4-10(14)19-9/h3-4,7,17H,5-6H2,1-2H3,(H,15,18). The second kappa shape index (κ2) is 6.67. The number of nitrogens with one attached hydrogen (secondary N) is 1. The molecule has 4 nitrogen and oxygen atoms in total. The molecule has 0 fully saturated rings. The SMILES string of the molecule is Cc1nc(-c2ccc(Cl)s2)sc1C(=O)NCC(C)CO. The van der Waals surface area contributed by atoms with Crippen LogP contribution in [0.3, 0.4) is 0 Å². The van der Waals surface area contributed by atoms with Crippen molar-refractivity contribution >= 4 is 40.2 Å². The first-order valence-corrected chi connectivity index (χ1v) is 8.14. The zero-order valence-corrected chi connectivity index (χ0v) is 13.5. The van der Waals surface area contributed by atoms with Gasteiger partial charge in [0.15, 0.2) is 0 Å². The van der Waals surface area contributed by atoms with E-state index in [2.05, 4.69) is 10.3 Å². The normalized spacial score (nSPS) is 12.4. The molecular weight excluding hydrogens is 316 g/mol. The van der Waals surface area contributed by atoms with Gasteiger partial charge in [-0.05, 0) is 25.0 Å². The topological polar surface area (TPSA) is 62.2 Å². The number of aliphatic hydroxyl groups is 1. The number of thiophene rings is 1. The predicted molar refractivity (Wildman–Crippen MR) is 83.8 cm³/mol. The zero-order chi connectivity index (χ0) is 14.7. The van der Waals surface area contributed by atoms with E-state index in [1.54, 1.807) is 0 Å². The van der Waals surface area contributed by atoms with Crippen LogP contribution in [0.15, 0.2) is 12.1 Å². The summed E-state index contributed by atoms with van der Waals surface area (Å²) >= 11 is 8.72. The number of aryl methyl sites for hydroxylation is 1. The maximum Gasteiger partial charge on any atom is 0.263 e. The minimum atomic E-state index is -0.144. The van der Waals surface area contributed by atoms with E-state index in [0.29, 0.717) is 21.5 Å². The Balaban J connectivity index is 2.13. The van der Waals surface area contributed by atoms with E-state index in [1.165, 1.54) is 22.7 Å². The second-order valence-electron chi connectivity index (χ2n) is 4.54. The predicted octanol–water partition coefficient (Wildman–Crippen LogP) is 3.19. The summed E-state index contributed by atoms with van der Waals surface area (Å²) in [4.78, 5) is 18.1. The molecule has 2 rings (SSSR count). The Morgan fingerprint density at radius 2 is 2.25 bits per heavy atom. The van der Waals surface area contributed by atoms with Crippen LogP contribution in [0.2, 0.25) is 4.34 Å². The van der Waals surface area contributed by atoms with Gasteiger partial charge in [-0.25, -0.2) is 4.98 Å². The van der Waals surface area contributed by atoms with Crippen molar-refractivity contribution in [3.05, 3.63) is 27.0 Å². The van der Waals surface area contributed by atoms with Crippen molar-refractivity contribution in [1.82, 2.24) is 10.3 Å². The van der Waals surface area contributed by atoms with Gasteiger partial charge in [-0.3, -0.25) is 4.79 Å². The molecule has 1 atom stereocenters. The molecule has 7 heteroatoms. The van der Waals surface area contributed by atoms with Crippen molar-refractivity contribution in [3.63, 3.8) is 0 Å². The Kier molecular flexibility index (Phi) is 5.15. The van der Waals surface area contributed by atoms with Crippen LogP contribution in [0.5, 0.6) is 0 Å². The zero-order valence-electron chi connectivity index (χ0n) is 11.1. The molecule has 0 aliphatic rings. The summed E-state index contributed by atoms with van der Waals surface area (Å²) in [6.07, 6.45) is 0. The van der Waals surface area contributed by atoms with Crippen molar-refractivity contribution in [1.29, 1.82) is 0 Å². The van der Waals surface area contributed by atoms with Gasteiger partial charge in [-0.1, -0.05) is 18.5 Å². The minimum Gasteiger partial charge on any atom is -0.396 e. The Hall–Kier alpha value is -0.950. The highest BCUT2D eigenvalue weighted by molar-refractivity contribution is 7.24. The molecule has 0 aliphatic carbocycles. The van der Waals surface area contributed by atoms with Gasteiger partial charge < -0.3 is 10.4 Å². The molecule has 0 aliphatic heterocycles. The van der Waals surface area contributed by atoms with Crippen LogP contribution in [-0.4, -0.2) is 29.1 Å².